The Balaban J connectivity index is 1.52. The van der Waals surface area contributed by atoms with Crippen molar-refractivity contribution in [1.29, 1.82) is 0 Å². The fraction of sp³-hybridized carbons (Fsp3) is 0.105. The third-order valence-electron chi connectivity index (χ3n) is 4.17. The number of nitro groups is 1. The molecule has 0 saturated carbocycles. The number of hydrazone groups is 1. The molecule has 0 bridgehead atoms. The molecule has 2 heterocycles. The minimum Gasteiger partial charge on any atom is -0.486 e. The van der Waals surface area contributed by atoms with Crippen molar-refractivity contribution >= 4 is 40.3 Å². The van der Waals surface area contributed by atoms with Crippen molar-refractivity contribution in [3.8, 4) is 11.5 Å². The molecule has 1 amide bonds. The number of halogens is 1. The predicted molar refractivity (Wildman–Crippen MR) is 106 cm³/mol. The van der Waals surface area contributed by atoms with E-state index >= 15 is 0 Å². The number of non-ortho nitro benzene ring substituents is 1. The molecule has 1 aromatic heterocycles. The number of nitrogens with zero attached hydrogens (tertiary/aromatic N) is 3. The van der Waals surface area contributed by atoms with Crippen LogP contribution in [0, 0.1) is 10.1 Å². The average Bonchev–Trinajstić information content (AvgIpc) is 2.72. The molecule has 0 unspecified atom stereocenters. The van der Waals surface area contributed by atoms with Gasteiger partial charge in [0.25, 0.3) is 11.6 Å². The second-order valence-corrected chi connectivity index (χ2v) is 6.42. The van der Waals surface area contributed by atoms with E-state index in [0.29, 0.717) is 35.8 Å². The molecule has 4 rings (SSSR count). The van der Waals surface area contributed by atoms with Crippen molar-refractivity contribution in [2.75, 3.05) is 13.2 Å². The Morgan fingerprint density at radius 3 is 2.55 bits per heavy atom. The zero-order valence-electron chi connectivity index (χ0n) is 14.8. The Morgan fingerprint density at radius 1 is 1.17 bits per heavy atom. The summed E-state index contributed by atoms with van der Waals surface area (Å²) >= 11 is 6.21. The van der Waals surface area contributed by atoms with Gasteiger partial charge in [-0.2, -0.15) is 5.10 Å². The molecule has 0 atom stereocenters. The van der Waals surface area contributed by atoms with Crippen LogP contribution in [0.3, 0.4) is 0 Å². The fourth-order valence-electron chi connectivity index (χ4n) is 2.75. The maximum atomic E-state index is 12.1. The Bertz CT molecular complexity index is 1150. The largest absolute Gasteiger partial charge is 0.486 e. The summed E-state index contributed by atoms with van der Waals surface area (Å²) < 4.78 is 11.1. The number of benzene rings is 2. The van der Waals surface area contributed by atoms with E-state index in [1.54, 1.807) is 18.2 Å². The molecule has 10 heteroatoms. The lowest BCUT2D eigenvalue weighted by atomic mass is 10.1. The van der Waals surface area contributed by atoms with E-state index in [1.165, 1.54) is 30.5 Å². The first-order valence-electron chi connectivity index (χ1n) is 8.49. The number of nitro benzene ring substituents is 1. The molecule has 0 spiro atoms. The maximum absolute atomic E-state index is 12.1. The van der Waals surface area contributed by atoms with Gasteiger partial charge < -0.3 is 9.47 Å². The molecule has 3 aromatic rings. The average molecular weight is 413 g/mol. The number of rotatable bonds is 4. The molecule has 1 aliphatic rings. The number of aromatic nitrogens is 1. The van der Waals surface area contributed by atoms with Crippen LogP contribution < -0.4 is 14.9 Å². The van der Waals surface area contributed by atoms with Crippen molar-refractivity contribution in [2.45, 2.75) is 0 Å². The van der Waals surface area contributed by atoms with Crippen LogP contribution in [0.1, 0.15) is 15.9 Å². The number of ether oxygens (including phenoxy) is 2. The molecule has 0 fully saturated rings. The maximum Gasteiger partial charge on any atom is 0.271 e. The molecule has 9 nitrogen and oxygen atoms in total. The number of hydrogen-bond acceptors (Lipinski definition) is 7. The van der Waals surface area contributed by atoms with Crippen LogP contribution in [0.25, 0.3) is 10.9 Å². The first-order valence-corrected chi connectivity index (χ1v) is 8.87. The smallest absolute Gasteiger partial charge is 0.271 e. The molecule has 146 valence electrons. The summed E-state index contributed by atoms with van der Waals surface area (Å²) in [5.74, 6) is 0.729. The highest BCUT2D eigenvalue weighted by atomic mass is 35.5. The van der Waals surface area contributed by atoms with Gasteiger partial charge in [-0.3, -0.25) is 14.9 Å². The van der Waals surface area contributed by atoms with Gasteiger partial charge in [-0.1, -0.05) is 11.6 Å². The van der Waals surface area contributed by atoms with Gasteiger partial charge >= 0.3 is 0 Å². The van der Waals surface area contributed by atoms with Crippen LogP contribution in [0.5, 0.6) is 11.5 Å². The molecular formula is C19H13ClN4O5. The minimum atomic E-state index is -0.539. The first kappa shape index (κ1) is 18.6. The summed E-state index contributed by atoms with van der Waals surface area (Å²) in [4.78, 5) is 26.6. The lowest BCUT2D eigenvalue weighted by molar-refractivity contribution is -0.384. The van der Waals surface area contributed by atoms with Crippen molar-refractivity contribution in [3.63, 3.8) is 0 Å². The summed E-state index contributed by atoms with van der Waals surface area (Å²) in [5, 5.41) is 15.5. The number of hydrogen-bond donors (Lipinski definition) is 1. The lowest BCUT2D eigenvalue weighted by Gasteiger charge is -2.18. The Labute approximate surface area is 169 Å². The van der Waals surface area contributed by atoms with Gasteiger partial charge in [0.1, 0.15) is 18.4 Å². The Hall–Kier alpha value is -3.72. The van der Waals surface area contributed by atoms with E-state index in [9.17, 15) is 14.9 Å². The highest BCUT2D eigenvalue weighted by Crippen LogP contribution is 2.34. The van der Waals surface area contributed by atoms with Crippen LogP contribution in [-0.4, -0.2) is 35.2 Å². The fourth-order valence-corrected chi connectivity index (χ4v) is 2.95. The summed E-state index contributed by atoms with van der Waals surface area (Å²) in [5.41, 5.74) is 3.63. The predicted octanol–water partition coefficient (Wildman–Crippen LogP) is 3.33. The topological polar surface area (TPSA) is 116 Å². The number of nitrogens with one attached hydrogen (secondary N) is 1. The molecule has 1 N–H and O–H groups in total. The molecule has 0 saturated heterocycles. The summed E-state index contributed by atoms with van der Waals surface area (Å²) in [6, 6.07) is 10.5. The molecule has 0 aliphatic carbocycles. The van der Waals surface area contributed by atoms with Gasteiger partial charge in [-0.25, -0.2) is 10.4 Å². The van der Waals surface area contributed by atoms with Gasteiger partial charge in [-0.05, 0) is 24.3 Å². The van der Waals surface area contributed by atoms with E-state index in [2.05, 4.69) is 15.5 Å². The van der Waals surface area contributed by atoms with Crippen LogP contribution in [0.15, 0.2) is 47.6 Å². The van der Waals surface area contributed by atoms with Gasteiger partial charge in [0.05, 0.1) is 16.7 Å². The Kier molecular flexibility index (Phi) is 4.96. The lowest BCUT2D eigenvalue weighted by Crippen LogP contribution is -2.17. The first-order chi connectivity index (χ1) is 14.0. The van der Waals surface area contributed by atoms with E-state index in [0.717, 1.165) is 5.39 Å². The van der Waals surface area contributed by atoms with Crippen molar-refractivity contribution in [1.82, 2.24) is 10.4 Å². The third-order valence-corrected chi connectivity index (χ3v) is 4.47. The van der Waals surface area contributed by atoms with Gasteiger partial charge in [0.15, 0.2) is 11.5 Å². The summed E-state index contributed by atoms with van der Waals surface area (Å²) in [6.07, 6.45) is 1.37. The molecule has 29 heavy (non-hydrogen) atoms. The standard InChI is InChI=1S/C19H13ClN4O5/c20-18-13(7-12-8-16-17(9-15(12)22-18)29-6-5-28-16)10-21-23-19(25)11-1-3-14(4-2-11)24(26)27/h1-4,7-10H,5-6H2,(H,23,25)/b21-10-. The minimum absolute atomic E-state index is 0.101. The second-order valence-electron chi connectivity index (χ2n) is 6.06. The third kappa shape index (κ3) is 3.94. The molecule has 1 aliphatic heterocycles. The van der Waals surface area contributed by atoms with E-state index in [1.807, 2.05) is 0 Å². The summed E-state index contributed by atoms with van der Waals surface area (Å²) in [7, 11) is 0. The van der Waals surface area contributed by atoms with Crippen LogP contribution >= 0.6 is 11.6 Å². The van der Waals surface area contributed by atoms with Crippen molar-refractivity contribution in [2.24, 2.45) is 5.10 Å². The zero-order chi connectivity index (χ0) is 20.4. The summed E-state index contributed by atoms with van der Waals surface area (Å²) in [6.45, 7) is 0.952. The number of carbonyl (C=O) groups is 1. The normalized spacial score (nSPS) is 12.9. The molecule has 0 radical (unpaired) electrons. The van der Waals surface area contributed by atoms with Crippen LogP contribution in [0.2, 0.25) is 5.15 Å². The van der Waals surface area contributed by atoms with Crippen LogP contribution in [0.4, 0.5) is 5.69 Å². The van der Waals surface area contributed by atoms with E-state index in [4.69, 9.17) is 21.1 Å². The van der Waals surface area contributed by atoms with E-state index in [-0.39, 0.29) is 16.4 Å². The van der Waals surface area contributed by atoms with E-state index < -0.39 is 10.8 Å². The van der Waals surface area contributed by atoms with Crippen molar-refractivity contribution < 1.29 is 19.2 Å². The number of pyridine rings is 1. The molecular weight excluding hydrogens is 400 g/mol. The van der Waals surface area contributed by atoms with Crippen LogP contribution in [-0.2, 0) is 0 Å². The SMILES string of the molecule is O=C(N/N=C\c1cc2cc3c(cc2nc1Cl)OCCO3)c1ccc([N+](=O)[O-])cc1. The Morgan fingerprint density at radius 2 is 1.86 bits per heavy atom. The van der Waals surface area contributed by atoms with Gasteiger partial charge in [0.2, 0.25) is 0 Å². The highest BCUT2D eigenvalue weighted by Gasteiger charge is 2.14. The number of fused-ring (bicyclic) bond motifs is 2. The van der Waals surface area contributed by atoms with Gasteiger partial charge in [-0.15, -0.1) is 0 Å². The van der Waals surface area contributed by atoms with Gasteiger partial charge in [0, 0.05) is 34.7 Å². The quantitative estimate of drug-likeness (QED) is 0.304. The monoisotopic (exact) mass is 412 g/mol. The number of amides is 1. The second kappa shape index (κ2) is 7.72. The molecule has 2 aromatic carbocycles. The zero-order valence-corrected chi connectivity index (χ0v) is 15.5. The number of carbonyl (C=O) groups excluding carboxylic acids is 1. The highest BCUT2D eigenvalue weighted by molar-refractivity contribution is 6.32. The van der Waals surface area contributed by atoms with Crippen molar-refractivity contribution in [3.05, 3.63) is 68.9 Å².